The highest BCUT2D eigenvalue weighted by atomic mass is 35.5. The van der Waals surface area contributed by atoms with Gasteiger partial charge in [0.2, 0.25) is 10.0 Å². The third kappa shape index (κ3) is 4.90. The van der Waals surface area contributed by atoms with Gasteiger partial charge in [0.05, 0.1) is 22.3 Å². The van der Waals surface area contributed by atoms with E-state index in [1.165, 1.54) is 29.8 Å². The predicted molar refractivity (Wildman–Crippen MR) is 132 cm³/mol. The van der Waals surface area contributed by atoms with Gasteiger partial charge in [0.15, 0.2) is 0 Å². The summed E-state index contributed by atoms with van der Waals surface area (Å²) >= 11 is 5.90. The number of carboxylic acids is 1. The van der Waals surface area contributed by atoms with Crippen LogP contribution in [0, 0.1) is 0 Å². The topological polar surface area (TPSA) is 127 Å². The van der Waals surface area contributed by atoms with Gasteiger partial charge in [-0.05, 0) is 47.5 Å². The molecule has 4 rings (SSSR count). The van der Waals surface area contributed by atoms with E-state index in [9.17, 15) is 27.9 Å². The van der Waals surface area contributed by atoms with Gasteiger partial charge in [0.25, 0.3) is 5.56 Å². The molecule has 0 unspecified atom stereocenters. The van der Waals surface area contributed by atoms with E-state index in [4.69, 9.17) is 11.6 Å². The van der Waals surface area contributed by atoms with Crippen LogP contribution < -0.4 is 16.0 Å². The van der Waals surface area contributed by atoms with Gasteiger partial charge in [0.1, 0.15) is 6.04 Å². The standard InChI is InChI=1S/C24H20ClN3O6S/c1-27-21-5-3-2-4-19(21)22(29)28(24(27)32)14-20(23(30)31)26-35(33,34)18-12-8-16(9-13-18)15-6-10-17(25)11-7-15/h2-13,20,26H,14H2,1H3,(H,30,31)/t20-/m1/s1. The molecule has 0 saturated heterocycles. The number of nitrogens with one attached hydrogen (secondary N) is 1. The summed E-state index contributed by atoms with van der Waals surface area (Å²) < 4.78 is 29.8. The van der Waals surface area contributed by atoms with Crippen LogP contribution in [0.25, 0.3) is 22.0 Å². The maximum atomic E-state index is 12.9. The number of aliphatic carboxylic acids is 1. The zero-order valence-electron chi connectivity index (χ0n) is 18.4. The molecule has 11 heteroatoms. The first-order valence-corrected chi connectivity index (χ1v) is 12.2. The second-order valence-electron chi connectivity index (χ2n) is 7.82. The lowest BCUT2D eigenvalue weighted by molar-refractivity contribution is -0.139. The molecule has 4 aromatic rings. The van der Waals surface area contributed by atoms with Crippen molar-refractivity contribution in [2.75, 3.05) is 0 Å². The number of sulfonamides is 1. The van der Waals surface area contributed by atoms with Crippen molar-refractivity contribution >= 4 is 38.5 Å². The Bertz CT molecular complexity index is 1640. The number of carbonyl (C=O) groups is 1. The molecule has 2 N–H and O–H groups in total. The summed E-state index contributed by atoms with van der Waals surface area (Å²) in [5.41, 5.74) is 0.475. The van der Waals surface area contributed by atoms with Crippen molar-refractivity contribution in [2.24, 2.45) is 7.05 Å². The molecule has 0 aliphatic rings. The number of fused-ring (bicyclic) bond motifs is 1. The van der Waals surface area contributed by atoms with Crippen LogP contribution in [0.3, 0.4) is 0 Å². The minimum Gasteiger partial charge on any atom is -0.480 e. The summed E-state index contributed by atoms with van der Waals surface area (Å²) in [6, 6.07) is 17.4. The quantitative estimate of drug-likeness (QED) is 0.391. The molecule has 1 heterocycles. The highest BCUT2D eigenvalue weighted by molar-refractivity contribution is 7.89. The van der Waals surface area contributed by atoms with Gasteiger partial charge in [-0.1, -0.05) is 48.0 Å². The van der Waals surface area contributed by atoms with Gasteiger partial charge >= 0.3 is 11.7 Å². The van der Waals surface area contributed by atoms with E-state index in [1.807, 2.05) is 0 Å². The van der Waals surface area contributed by atoms with Crippen LogP contribution >= 0.6 is 11.6 Å². The van der Waals surface area contributed by atoms with Crippen LogP contribution in [0.15, 0.2) is 87.3 Å². The van der Waals surface area contributed by atoms with E-state index >= 15 is 0 Å². The van der Waals surface area contributed by atoms with Crippen LogP contribution in [0.1, 0.15) is 0 Å². The zero-order chi connectivity index (χ0) is 25.3. The summed E-state index contributed by atoms with van der Waals surface area (Å²) in [5, 5.41) is 10.4. The monoisotopic (exact) mass is 513 g/mol. The molecule has 3 aromatic carbocycles. The van der Waals surface area contributed by atoms with E-state index in [-0.39, 0.29) is 10.3 Å². The number of para-hydroxylation sites is 1. The third-order valence-electron chi connectivity index (χ3n) is 5.56. The number of nitrogens with zero attached hydrogens (tertiary/aromatic N) is 2. The molecule has 0 aliphatic heterocycles. The second-order valence-corrected chi connectivity index (χ2v) is 9.97. The Hall–Kier alpha value is -3.73. The van der Waals surface area contributed by atoms with Crippen molar-refractivity contribution in [3.63, 3.8) is 0 Å². The van der Waals surface area contributed by atoms with Crippen molar-refractivity contribution in [3.05, 3.63) is 98.7 Å². The smallest absolute Gasteiger partial charge is 0.331 e. The molecule has 0 radical (unpaired) electrons. The van der Waals surface area contributed by atoms with Gasteiger partial charge in [-0.2, -0.15) is 4.72 Å². The van der Waals surface area contributed by atoms with E-state index in [2.05, 4.69) is 4.72 Å². The molecular formula is C24H20ClN3O6S. The maximum Gasteiger partial charge on any atom is 0.331 e. The Morgan fingerprint density at radius 2 is 1.54 bits per heavy atom. The normalized spacial score (nSPS) is 12.5. The van der Waals surface area contributed by atoms with Crippen molar-refractivity contribution in [1.82, 2.24) is 13.9 Å². The van der Waals surface area contributed by atoms with Crippen molar-refractivity contribution in [2.45, 2.75) is 17.5 Å². The van der Waals surface area contributed by atoms with Crippen LogP contribution in [-0.4, -0.2) is 34.7 Å². The summed E-state index contributed by atoms with van der Waals surface area (Å²) in [6.07, 6.45) is 0. The highest BCUT2D eigenvalue weighted by Gasteiger charge is 2.27. The molecule has 0 spiro atoms. The average molecular weight is 514 g/mol. The Morgan fingerprint density at radius 1 is 0.971 bits per heavy atom. The number of halogens is 1. The molecule has 0 bridgehead atoms. The van der Waals surface area contributed by atoms with Crippen LogP contribution in [0.2, 0.25) is 5.02 Å². The van der Waals surface area contributed by atoms with Gasteiger partial charge < -0.3 is 5.11 Å². The molecule has 0 saturated carbocycles. The first-order chi connectivity index (χ1) is 16.6. The molecule has 0 amide bonds. The molecule has 35 heavy (non-hydrogen) atoms. The van der Waals surface area contributed by atoms with E-state index in [0.29, 0.717) is 15.1 Å². The lowest BCUT2D eigenvalue weighted by Crippen LogP contribution is -2.49. The van der Waals surface area contributed by atoms with E-state index in [0.717, 1.165) is 11.1 Å². The largest absolute Gasteiger partial charge is 0.480 e. The Morgan fingerprint density at radius 3 is 2.14 bits per heavy atom. The summed E-state index contributed by atoms with van der Waals surface area (Å²) in [4.78, 5) is 37.3. The Labute approximate surface area is 204 Å². The lowest BCUT2D eigenvalue weighted by Gasteiger charge is -2.17. The van der Waals surface area contributed by atoms with Crippen molar-refractivity contribution < 1.29 is 18.3 Å². The fraction of sp³-hybridized carbons (Fsp3) is 0.125. The minimum absolute atomic E-state index is 0.166. The van der Waals surface area contributed by atoms with Gasteiger partial charge in [0, 0.05) is 12.1 Å². The predicted octanol–water partition coefficient (Wildman–Crippen LogP) is 2.45. The number of hydrogen-bond donors (Lipinski definition) is 2. The van der Waals surface area contributed by atoms with Gasteiger partial charge in [-0.25, -0.2) is 13.2 Å². The summed E-state index contributed by atoms with van der Waals surface area (Å²) in [6.45, 7) is -0.687. The zero-order valence-corrected chi connectivity index (χ0v) is 20.0. The minimum atomic E-state index is -4.28. The molecule has 1 atom stereocenters. The number of benzene rings is 3. The third-order valence-corrected chi connectivity index (χ3v) is 7.30. The second kappa shape index (κ2) is 9.49. The van der Waals surface area contributed by atoms with Crippen LogP contribution in [0.5, 0.6) is 0 Å². The van der Waals surface area contributed by atoms with Crippen molar-refractivity contribution in [3.8, 4) is 11.1 Å². The van der Waals surface area contributed by atoms with Crippen molar-refractivity contribution in [1.29, 1.82) is 0 Å². The molecule has 180 valence electrons. The first kappa shape index (κ1) is 24.4. The summed E-state index contributed by atoms with van der Waals surface area (Å²) in [7, 11) is -2.84. The van der Waals surface area contributed by atoms with Crippen LogP contribution in [-0.2, 0) is 28.4 Å². The average Bonchev–Trinajstić information content (AvgIpc) is 2.85. The van der Waals surface area contributed by atoms with E-state index in [1.54, 1.807) is 54.6 Å². The summed E-state index contributed by atoms with van der Waals surface area (Å²) in [5.74, 6) is -1.53. The molecular weight excluding hydrogens is 494 g/mol. The number of hydrogen-bond acceptors (Lipinski definition) is 5. The number of rotatable bonds is 7. The molecule has 0 fully saturated rings. The molecule has 0 aliphatic carbocycles. The van der Waals surface area contributed by atoms with Gasteiger partial charge in [-0.3, -0.25) is 18.7 Å². The number of carboxylic acid groups (broad SMARTS) is 1. The SMILES string of the molecule is Cn1c(=O)n(C[C@@H](NS(=O)(=O)c2ccc(-c3ccc(Cl)cc3)cc2)C(=O)O)c(=O)c2ccccc21. The number of aryl methyl sites for hydroxylation is 1. The molecule has 9 nitrogen and oxygen atoms in total. The van der Waals surface area contributed by atoms with E-state index < -0.39 is 39.8 Å². The lowest BCUT2D eigenvalue weighted by atomic mass is 10.1. The fourth-order valence-electron chi connectivity index (χ4n) is 3.70. The fourth-order valence-corrected chi connectivity index (χ4v) is 5.00. The highest BCUT2D eigenvalue weighted by Crippen LogP contribution is 2.23. The Balaban J connectivity index is 1.64. The number of aromatic nitrogens is 2. The van der Waals surface area contributed by atoms with Crippen LogP contribution in [0.4, 0.5) is 0 Å². The maximum absolute atomic E-state index is 12.9. The first-order valence-electron chi connectivity index (χ1n) is 10.4. The Kier molecular flexibility index (Phi) is 6.62. The van der Waals surface area contributed by atoms with Gasteiger partial charge in [-0.15, -0.1) is 0 Å². The molecule has 1 aromatic heterocycles.